The summed E-state index contributed by atoms with van der Waals surface area (Å²) in [6.07, 6.45) is -5.08. The summed E-state index contributed by atoms with van der Waals surface area (Å²) in [5, 5.41) is 8.43. The normalized spacial score (nSPS) is 17.3. The summed E-state index contributed by atoms with van der Waals surface area (Å²) in [5.41, 5.74) is 7.12. The molecule has 9 nitrogen and oxygen atoms in total. The fourth-order valence-electron chi connectivity index (χ4n) is 4.49. The number of ether oxygens (including phenoxy) is 1. The fraction of sp³-hybridized carbons (Fsp3) is 0.280. The maximum Gasteiger partial charge on any atom is 0.490 e. The highest BCUT2D eigenvalue weighted by molar-refractivity contribution is 7.93. The lowest BCUT2D eigenvalue weighted by molar-refractivity contribution is -0.192. The van der Waals surface area contributed by atoms with Crippen LogP contribution in [0.25, 0.3) is 10.8 Å². The van der Waals surface area contributed by atoms with Crippen LogP contribution in [0.3, 0.4) is 0 Å². The SMILES string of the molecule is COc1ccc(S(=O)(=O)N2CC(C(=O)N3CC(N)C3)c3ccccc32)c2ccccc12.O=C(O)C(F)(F)F. The number of sulfonamides is 1. The monoisotopic (exact) mass is 551 g/mol. The zero-order valence-corrected chi connectivity index (χ0v) is 20.9. The number of aliphatic carboxylic acids is 1. The van der Waals surface area contributed by atoms with Crippen molar-refractivity contribution in [1.82, 2.24) is 4.90 Å². The Bertz CT molecular complexity index is 1490. The van der Waals surface area contributed by atoms with Gasteiger partial charge in [0.15, 0.2) is 0 Å². The van der Waals surface area contributed by atoms with E-state index < -0.39 is 28.1 Å². The number of hydrogen-bond acceptors (Lipinski definition) is 6. The lowest BCUT2D eigenvalue weighted by Gasteiger charge is -2.38. The molecule has 2 aliphatic heterocycles. The number of likely N-dealkylation sites (tertiary alicyclic amines) is 1. The first-order chi connectivity index (χ1) is 17.9. The number of rotatable bonds is 4. The number of carbonyl (C=O) groups is 2. The third-order valence-corrected chi connectivity index (χ3v) is 8.16. The van der Waals surface area contributed by atoms with Gasteiger partial charge in [-0.2, -0.15) is 13.2 Å². The first-order valence-corrected chi connectivity index (χ1v) is 12.8. The van der Waals surface area contributed by atoms with E-state index in [1.54, 1.807) is 48.4 Å². The highest BCUT2D eigenvalue weighted by Gasteiger charge is 2.43. The highest BCUT2D eigenvalue weighted by Crippen LogP contribution is 2.42. The maximum atomic E-state index is 13.8. The van der Waals surface area contributed by atoms with Crippen molar-refractivity contribution >= 4 is 38.4 Å². The van der Waals surface area contributed by atoms with Crippen molar-refractivity contribution < 1.29 is 41.0 Å². The number of para-hydroxylation sites is 1. The van der Waals surface area contributed by atoms with E-state index in [0.717, 1.165) is 10.9 Å². The Kier molecular flexibility index (Phi) is 7.26. The number of carboxylic acid groups (broad SMARTS) is 1. The fourth-order valence-corrected chi connectivity index (χ4v) is 6.19. The molecule has 1 saturated heterocycles. The molecule has 3 N–H and O–H groups in total. The van der Waals surface area contributed by atoms with E-state index in [0.29, 0.717) is 29.9 Å². The van der Waals surface area contributed by atoms with Gasteiger partial charge in [-0.25, -0.2) is 13.2 Å². The molecular weight excluding hydrogens is 527 g/mol. The number of anilines is 1. The van der Waals surface area contributed by atoms with E-state index in [9.17, 15) is 26.4 Å². The quantitative estimate of drug-likeness (QED) is 0.510. The predicted molar refractivity (Wildman–Crippen MR) is 132 cm³/mol. The summed E-state index contributed by atoms with van der Waals surface area (Å²) in [7, 11) is -2.35. The molecule has 1 fully saturated rings. The van der Waals surface area contributed by atoms with Gasteiger partial charge in [0.05, 0.1) is 30.2 Å². The molecule has 0 bridgehead atoms. The van der Waals surface area contributed by atoms with Gasteiger partial charge in [0.2, 0.25) is 5.91 Å². The number of carbonyl (C=O) groups excluding carboxylic acids is 1. The molecule has 0 radical (unpaired) electrons. The maximum absolute atomic E-state index is 13.8. The number of hydrogen-bond donors (Lipinski definition) is 2. The minimum atomic E-state index is -5.08. The van der Waals surface area contributed by atoms with Gasteiger partial charge in [-0.3, -0.25) is 9.10 Å². The lowest BCUT2D eigenvalue weighted by Crippen LogP contribution is -2.59. The van der Waals surface area contributed by atoms with Crippen LogP contribution in [0.15, 0.2) is 65.6 Å². The molecular formula is C25H24F3N3O6S. The zero-order valence-electron chi connectivity index (χ0n) is 20.1. The molecule has 0 aromatic heterocycles. The number of amides is 1. The van der Waals surface area contributed by atoms with Gasteiger partial charge in [-0.1, -0.05) is 42.5 Å². The summed E-state index contributed by atoms with van der Waals surface area (Å²) in [4.78, 5) is 23.9. The number of benzene rings is 3. The summed E-state index contributed by atoms with van der Waals surface area (Å²) >= 11 is 0. The Morgan fingerprint density at radius 2 is 1.55 bits per heavy atom. The number of methoxy groups -OCH3 is 1. The molecule has 202 valence electrons. The van der Waals surface area contributed by atoms with Crippen LogP contribution in [-0.2, 0) is 19.6 Å². The van der Waals surface area contributed by atoms with E-state index in [1.165, 1.54) is 4.31 Å². The van der Waals surface area contributed by atoms with Gasteiger partial charge in [0, 0.05) is 29.9 Å². The molecule has 2 heterocycles. The average molecular weight is 552 g/mol. The van der Waals surface area contributed by atoms with E-state index in [1.807, 2.05) is 24.3 Å². The number of halogens is 3. The number of nitrogens with zero attached hydrogens (tertiary/aromatic N) is 2. The Labute approximate surface area is 216 Å². The Hall–Kier alpha value is -3.84. The van der Waals surface area contributed by atoms with Crippen LogP contribution in [0, 0.1) is 0 Å². The molecule has 0 saturated carbocycles. The smallest absolute Gasteiger partial charge is 0.490 e. The van der Waals surface area contributed by atoms with Crippen molar-refractivity contribution in [2.45, 2.75) is 23.0 Å². The molecule has 2 aliphatic rings. The highest BCUT2D eigenvalue weighted by atomic mass is 32.2. The van der Waals surface area contributed by atoms with Crippen molar-refractivity contribution in [1.29, 1.82) is 0 Å². The molecule has 0 aliphatic carbocycles. The van der Waals surface area contributed by atoms with Crippen molar-refractivity contribution in [3.05, 3.63) is 66.2 Å². The summed E-state index contributed by atoms with van der Waals surface area (Å²) in [6.45, 7) is 1.09. The van der Waals surface area contributed by atoms with Crippen LogP contribution >= 0.6 is 0 Å². The van der Waals surface area contributed by atoms with Crippen LogP contribution in [-0.4, -0.2) is 69.3 Å². The first-order valence-electron chi connectivity index (χ1n) is 11.4. The largest absolute Gasteiger partial charge is 0.496 e. The van der Waals surface area contributed by atoms with Gasteiger partial charge in [0.1, 0.15) is 5.75 Å². The second-order valence-corrected chi connectivity index (χ2v) is 10.6. The van der Waals surface area contributed by atoms with Crippen LogP contribution in [0.5, 0.6) is 5.75 Å². The molecule has 1 unspecified atom stereocenters. The molecule has 0 spiro atoms. The van der Waals surface area contributed by atoms with Crippen molar-refractivity contribution in [2.75, 3.05) is 31.0 Å². The Morgan fingerprint density at radius 3 is 2.13 bits per heavy atom. The topological polar surface area (TPSA) is 130 Å². The Morgan fingerprint density at radius 1 is 0.974 bits per heavy atom. The van der Waals surface area contributed by atoms with Crippen LogP contribution in [0.2, 0.25) is 0 Å². The summed E-state index contributed by atoms with van der Waals surface area (Å²) < 4.78 is 66.2. The second kappa shape index (κ2) is 10.1. The molecule has 13 heteroatoms. The van der Waals surface area contributed by atoms with Crippen molar-refractivity contribution in [3.8, 4) is 5.75 Å². The van der Waals surface area contributed by atoms with Crippen LogP contribution in [0.1, 0.15) is 11.5 Å². The van der Waals surface area contributed by atoms with E-state index in [-0.39, 0.29) is 23.4 Å². The number of fused-ring (bicyclic) bond motifs is 2. The molecule has 1 amide bonds. The zero-order chi connectivity index (χ0) is 27.8. The Balaban J connectivity index is 0.000000426. The second-order valence-electron chi connectivity index (χ2n) is 8.77. The number of nitrogens with two attached hydrogens (primary N) is 1. The third-order valence-electron chi connectivity index (χ3n) is 6.32. The van der Waals surface area contributed by atoms with E-state index >= 15 is 0 Å². The lowest BCUT2D eigenvalue weighted by atomic mass is 9.97. The van der Waals surface area contributed by atoms with Crippen molar-refractivity contribution in [3.63, 3.8) is 0 Å². The van der Waals surface area contributed by atoms with Gasteiger partial charge in [0.25, 0.3) is 10.0 Å². The van der Waals surface area contributed by atoms with E-state index in [2.05, 4.69) is 0 Å². The molecule has 3 aromatic carbocycles. The van der Waals surface area contributed by atoms with Crippen molar-refractivity contribution in [2.24, 2.45) is 5.73 Å². The number of alkyl halides is 3. The van der Waals surface area contributed by atoms with Crippen LogP contribution in [0.4, 0.5) is 18.9 Å². The van der Waals surface area contributed by atoms with Crippen LogP contribution < -0.4 is 14.8 Å². The van der Waals surface area contributed by atoms with Gasteiger partial charge in [-0.15, -0.1) is 0 Å². The standard InChI is InChI=1S/C23H23N3O4S.C2HF3O2/c1-30-21-10-11-22(18-8-3-2-7-17(18)21)31(28,29)26-14-19(16-6-4-5-9-20(16)26)23(27)25-12-15(24)13-25;3-2(4,5)1(6)7/h2-11,15,19H,12-14,24H2,1H3;(H,6,7). The molecule has 5 rings (SSSR count). The molecule has 38 heavy (non-hydrogen) atoms. The number of carboxylic acids is 1. The van der Waals surface area contributed by atoms with Gasteiger partial charge in [-0.05, 0) is 23.8 Å². The van der Waals surface area contributed by atoms with E-state index in [4.69, 9.17) is 20.4 Å². The molecule has 3 aromatic rings. The average Bonchev–Trinajstić information content (AvgIpc) is 3.26. The minimum absolute atomic E-state index is 0.00824. The summed E-state index contributed by atoms with van der Waals surface area (Å²) in [6, 6.07) is 17.7. The third kappa shape index (κ3) is 4.98. The minimum Gasteiger partial charge on any atom is -0.496 e. The van der Waals surface area contributed by atoms with Gasteiger partial charge >= 0.3 is 12.1 Å². The van der Waals surface area contributed by atoms with Gasteiger partial charge < -0.3 is 20.5 Å². The molecule has 1 atom stereocenters. The predicted octanol–water partition coefficient (Wildman–Crippen LogP) is 2.94. The first kappa shape index (κ1) is 27.2. The summed E-state index contributed by atoms with van der Waals surface area (Å²) in [5.74, 6) is -2.76.